The SMILES string of the molecule is COc1cc([C@H]2c3sc(=O)[nH]c3SC3C4CC(C5C(=O)N(c6ccc(Cl)cc6)C(=O)C45)C32)ccc1OCc1cccc(Cl)c1. The molecule has 1 aromatic heterocycles. The fourth-order valence-electron chi connectivity index (χ4n) is 8.02. The molecule has 4 aromatic rings. The Morgan fingerprint density at radius 2 is 1.68 bits per heavy atom. The number of imide groups is 1. The average molecular weight is 666 g/mol. The number of fused-ring (bicyclic) bond motifs is 9. The number of amides is 2. The normalized spacial score (nSPS) is 28.2. The van der Waals surface area contributed by atoms with Crippen LogP contribution in [0, 0.1) is 29.6 Å². The summed E-state index contributed by atoms with van der Waals surface area (Å²) < 4.78 is 11.9. The Balaban J connectivity index is 1.15. The fourth-order valence-corrected chi connectivity index (χ4v) is 11.2. The number of anilines is 1. The first-order chi connectivity index (χ1) is 21.3. The van der Waals surface area contributed by atoms with Crippen molar-refractivity contribution < 1.29 is 19.1 Å². The van der Waals surface area contributed by atoms with Gasteiger partial charge in [-0.3, -0.25) is 19.3 Å². The largest absolute Gasteiger partial charge is 0.493 e. The second kappa shape index (κ2) is 10.7. The van der Waals surface area contributed by atoms with Crippen LogP contribution >= 0.6 is 46.3 Å². The lowest BCUT2D eigenvalue weighted by Crippen LogP contribution is -2.42. The van der Waals surface area contributed by atoms with Crippen LogP contribution in [0.5, 0.6) is 11.5 Å². The molecule has 2 aliphatic heterocycles. The third-order valence-electron chi connectivity index (χ3n) is 9.64. The van der Waals surface area contributed by atoms with E-state index in [0.29, 0.717) is 33.8 Å². The highest BCUT2D eigenvalue weighted by atomic mass is 35.5. The van der Waals surface area contributed by atoms with Crippen molar-refractivity contribution in [2.75, 3.05) is 12.0 Å². The summed E-state index contributed by atoms with van der Waals surface area (Å²) in [5.74, 6) is 0.189. The molecule has 3 heterocycles. The fraction of sp³-hybridized carbons (Fsp3) is 0.303. The molecule has 4 aliphatic rings. The van der Waals surface area contributed by atoms with E-state index in [2.05, 4.69) is 4.98 Å². The third-order valence-corrected chi connectivity index (χ3v) is 12.7. The molecule has 2 bridgehead atoms. The summed E-state index contributed by atoms with van der Waals surface area (Å²) in [5.41, 5.74) is 2.50. The second-order valence-electron chi connectivity index (χ2n) is 11.8. The smallest absolute Gasteiger partial charge is 0.305 e. The van der Waals surface area contributed by atoms with E-state index < -0.39 is 0 Å². The number of halogens is 2. The molecule has 7 nitrogen and oxygen atoms in total. The first-order valence-electron chi connectivity index (χ1n) is 14.4. The van der Waals surface area contributed by atoms with E-state index in [1.165, 1.54) is 16.2 Å². The number of thiazole rings is 1. The molecule has 1 N–H and O–H groups in total. The number of aromatic nitrogens is 1. The lowest BCUT2D eigenvalue weighted by molar-refractivity contribution is -0.123. The van der Waals surface area contributed by atoms with Crippen LogP contribution in [-0.2, 0) is 16.2 Å². The Bertz CT molecular complexity index is 1870. The summed E-state index contributed by atoms with van der Waals surface area (Å²) in [6, 6.07) is 20.3. The number of nitrogens with one attached hydrogen (secondary N) is 1. The van der Waals surface area contributed by atoms with Crippen molar-refractivity contribution in [3.63, 3.8) is 0 Å². The van der Waals surface area contributed by atoms with Crippen molar-refractivity contribution in [1.82, 2.24) is 4.98 Å². The molecule has 44 heavy (non-hydrogen) atoms. The van der Waals surface area contributed by atoms with Crippen LogP contribution in [0.4, 0.5) is 5.69 Å². The van der Waals surface area contributed by atoms with Gasteiger partial charge in [0.05, 0.1) is 29.7 Å². The van der Waals surface area contributed by atoms with Gasteiger partial charge in [-0.1, -0.05) is 52.7 Å². The van der Waals surface area contributed by atoms with Crippen molar-refractivity contribution in [2.24, 2.45) is 29.6 Å². The Kier molecular flexibility index (Phi) is 6.86. The van der Waals surface area contributed by atoms with E-state index in [-0.39, 0.29) is 57.4 Å². The number of hydrogen-bond acceptors (Lipinski definition) is 7. The monoisotopic (exact) mass is 664 g/mol. The van der Waals surface area contributed by atoms with Gasteiger partial charge in [-0.25, -0.2) is 0 Å². The number of nitrogens with zero attached hydrogens (tertiary/aromatic N) is 1. The number of carbonyl (C=O) groups excluding carboxylic acids is 2. The molecule has 2 amide bonds. The van der Waals surface area contributed by atoms with Crippen molar-refractivity contribution in [3.05, 3.63) is 102 Å². The van der Waals surface area contributed by atoms with Gasteiger partial charge < -0.3 is 14.5 Å². The Morgan fingerprint density at radius 3 is 2.43 bits per heavy atom. The number of methoxy groups -OCH3 is 1. The molecule has 2 saturated carbocycles. The number of ether oxygens (including phenoxy) is 2. The van der Waals surface area contributed by atoms with E-state index in [1.54, 1.807) is 43.1 Å². The average Bonchev–Trinajstić information content (AvgIpc) is 3.75. The number of rotatable bonds is 6. The molecule has 11 heteroatoms. The van der Waals surface area contributed by atoms with Gasteiger partial charge in [0.25, 0.3) is 0 Å². The highest BCUT2D eigenvalue weighted by Gasteiger charge is 2.69. The predicted octanol–water partition coefficient (Wildman–Crippen LogP) is 7.01. The number of thioether (sulfide) groups is 1. The minimum absolute atomic E-state index is 0.0105. The molecule has 6 unspecified atom stereocenters. The summed E-state index contributed by atoms with van der Waals surface area (Å²) in [7, 11) is 1.61. The maximum absolute atomic E-state index is 14.0. The maximum atomic E-state index is 14.0. The van der Waals surface area contributed by atoms with E-state index in [4.69, 9.17) is 32.7 Å². The quantitative estimate of drug-likeness (QED) is 0.223. The number of benzene rings is 3. The number of aromatic amines is 1. The molecule has 7 atom stereocenters. The van der Waals surface area contributed by atoms with Crippen LogP contribution in [-0.4, -0.2) is 29.2 Å². The summed E-state index contributed by atoms with van der Waals surface area (Å²) in [6.45, 7) is 0.331. The molecule has 2 aliphatic carbocycles. The van der Waals surface area contributed by atoms with Gasteiger partial charge in [-0.15, -0.1) is 11.8 Å². The zero-order valence-electron chi connectivity index (χ0n) is 23.4. The number of hydrogen-bond donors (Lipinski definition) is 1. The van der Waals surface area contributed by atoms with E-state index >= 15 is 0 Å². The van der Waals surface area contributed by atoms with Crippen LogP contribution in [0.3, 0.4) is 0 Å². The van der Waals surface area contributed by atoms with Gasteiger partial charge in [0, 0.05) is 26.1 Å². The van der Waals surface area contributed by atoms with Gasteiger partial charge in [-0.2, -0.15) is 0 Å². The van der Waals surface area contributed by atoms with Gasteiger partial charge >= 0.3 is 4.87 Å². The van der Waals surface area contributed by atoms with Crippen LogP contribution in [0.25, 0.3) is 0 Å². The summed E-state index contributed by atoms with van der Waals surface area (Å²) in [6.07, 6.45) is 0.817. The Hall–Kier alpha value is -3.24. The standard InChI is InChI=1S/C33H26Cl2N2O5S2/c1-41-23-12-16(5-10-22(23)42-14-15-3-2-4-18(35)11-15)24-25-20-13-21(28(25)43-30-29(24)44-33(40)36-30)27-26(20)31(38)37(32(27)39)19-8-6-17(34)7-9-19/h2-12,20-21,24-28H,13-14H2,1H3,(H,36,40)/t20?,21?,24-,25?,26?,27?,28?/m1/s1. The summed E-state index contributed by atoms with van der Waals surface area (Å²) >= 11 is 15.1. The first-order valence-corrected chi connectivity index (χ1v) is 16.9. The van der Waals surface area contributed by atoms with Crippen LogP contribution in [0.2, 0.25) is 10.0 Å². The molecule has 0 radical (unpaired) electrons. The zero-order valence-corrected chi connectivity index (χ0v) is 26.5. The molecular weight excluding hydrogens is 639 g/mol. The van der Waals surface area contributed by atoms with Gasteiger partial charge in [0.2, 0.25) is 11.8 Å². The highest BCUT2D eigenvalue weighted by molar-refractivity contribution is 8.00. The van der Waals surface area contributed by atoms with E-state index in [1.807, 2.05) is 42.5 Å². The van der Waals surface area contributed by atoms with Gasteiger partial charge in [-0.05, 0) is 83.8 Å². The van der Waals surface area contributed by atoms with Crippen molar-refractivity contribution >= 4 is 63.8 Å². The molecule has 0 spiro atoms. The van der Waals surface area contributed by atoms with Crippen LogP contribution in [0.15, 0.2) is 76.6 Å². The predicted molar refractivity (Wildman–Crippen MR) is 171 cm³/mol. The Morgan fingerprint density at radius 1 is 0.909 bits per heavy atom. The first kappa shape index (κ1) is 28.2. The molecule has 3 aromatic carbocycles. The molecule has 224 valence electrons. The van der Waals surface area contributed by atoms with Crippen molar-refractivity contribution in [1.29, 1.82) is 0 Å². The minimum atomic E-state index is -0.382. The van der Waals surface area contributed by atoms with Gasteiger partial charge in [0.15, 0.2) is 11.5 Å². The van der Waals surface area contributed by atoms with Crippen molar-refractivity contribution in [2.45, 2.75) is 29.2 Å². The lowest BCUT2D eigenvalue weighted by atomic mass is 9.68. The van der Waals surface area contributed by atoms with E-state index in [9.17, 15) is 14.4 Å². The number of carbonyl (C=O) groups is 2. The molecule has 3 fully saturated rings. The van der Waals surface area contributed by atoms with E-state index in [0.717, 1.165) is 27.5 Å². The zero-order chi connectivity index (χ0) is 30.3. The molecule has 8 rings (SSSR count). The van der Waals surface area contributed by atoms with Crippen LogP contribution < -0.4 is 19.2 Å². The second-order valence-corrected chi connectivity index (χ2v) is 14.9. The summed E-state index contributed by atoms with van der Waals surface area (Å²) in [5, 5.41) is 2.15. The highest BCUT2D eigenvalue weighted by Crippen LogP contribution is 2.68. The third kappa shape index (κ3) is 4.35. The minimum Gasteiger partial charge on any atom is -0.493 e. The maximum Gasteiger partial charge on any atom is 0.305 e. The summed E-state index contributed by atoms with van der Waals surface area (Å²) in [4.78, 5) is 45.7. The topological polar surface area (TPSA) is 88.7 Å². The van der Waals surface area contributed by atoms with Crippen LogP contribution in [0.1, 0.15) is 28.3 Å². The van der Waals surface area contributed by atoms with Gasteiger partial charge in [0.1, 0.15) is 6.61 Å². The lowest BCUT2D eigenvalue weighted by Gasteiger charge is -2.43. The molecule has 1 saturated heterocycles. The number of H-pyrrole nitrogens is 1. The Labute approximate surface area is 271 Å². The molecular formula is C33H26Cl2N2O5S2. The van der Waals surface area contributed by atoms with Crippen molar-refractivity contribution in [3.8, 4) is 11.5 Å².